The largest absolute Gasteiger partial charge is 0.493 e. The number of hydrogen-bond donors (Lipinski definition) is 3. The van der Waals surface area contributed by atoms with Gasteiger partial charge in [-0.2, -0.15) is 0 Å². The number of anilines is 1. The van der Waals surface area contributed by atoms with Gasteiger partial charge in [-0.25, -0.2) is 9.37 Å². The molecule has 5 rings (SSSR count). The lowest BCUT2D eigenvalue weighted by Crippen LogP contribution is -2.36. The average Bonchev–Trinajstić information content (AvgIpc) is 3.35. The Bertz CT molecular complexity index is 1360. The SMILES string of the molecule is COc1cnc2[nH]cc(C(=O)c3ccc(Oc4ccccc4F)cc3)c2c1N[C@@H]1CC[C@@H](CO)OC1. The molecule has 2 aromatic heterocycles. The first kappa shape index (κ1) is 23.8. The number of methoxy groups -OCH3 is 1. The number of aliphatic hydroxyl groups is 1. The minimum Gasteiger partial charge on any atom is -0.493 e. The Labute approximate surface area is 207 Å². The molecule has 8 nitrogen and oxygen atoms in total. The molecule has 4 aromatic rings. The van der Waals surface area contributed by atoms with Crippen molar-refractivity contribution in [3.8, 4) is 17.2 Å². The summed E-state index contributed by atoms with van der Waals surface area (Å²) in [6, 6.07) is 12.7. The van der Waals surface area contributed by atoms with E-state index in [1.807, 2.05) is 0 Å². The monoisotopic (exact) mass is 491 g/mol. The summed E-state index contributed by atoms with van der Waals surface area (Å²) in [6.45, 7) is 0.422. The maximum atomic E-state index is 13.9. The molecule has 1 aliphatic rings. The van der Waals surface area contributed by atoms with Gasteiger partial charge >= 0.3 is 0 Å². The molecule has 1 aliphatic heterocycles. The van der Waals surface area contributed by atoms with Crippen LogP contribution in [0, 0.1) is 5.82 Å². The van der Waals surface area contributed by atoms with Crippen molar-refractivity contribution in [1.82, 2.24) is 9.97 Å². The van der Waals surface area contributed by atoms with Crippen LogP contribution in [-0.4, -0.2) is 53.3 Å². The first-order chi connectivity index (χ1) is 17.6. The molecule has 0 bridgehead atoms. The van der Waals surface area contributed by atoms with Gasteiger partial charge in [0.2, 0.25) is 0 Å². The van der Waals surface area contributed by atoms with E-state index in [-0.39, 0.29) is 30.3 Å². The molecule has 0 aliphatic carbocycles. The number of rotatable bonds is 8. The maximum Gasteiger partial charge on any atom is 0.195 e. The van der Waals surface area contributed by atoms with Crippen LogP contribution < -0.4 is 14.8 Å². The highest BCUT2D eigenvalue weighted by atomic mass is 19.1. The number of pyridine rings is 1. The molecule has 1 fully saturated rings. The highest BCUT2D eigenvalue weighted by molar-refractivity contribution is 6.19. The van der Waals surface area contributed by atoms with E-state index in [2.05, 4.69) is 15.3 Å². The summed E-state index contributed by atoms with van der Waals surface area (Å²) in [4.78, 5) is 21.0. The van der Waals surface area contributed by atoms with Crippen molar-refractivity contribution in [1.29, 1.82) is 0 Å². The quantitative estimate of drug-likeness (QED) is 0.307. The van der Waals surface area contributed by atoms with Gasteiger partial charge in [-0.1, -0.05) is 12.1 Å². The molecule has 3 N–H and O–H groups in total. The number of aromatic amines is 1. The molecule has 2 aromatic carbocycles. The van der Waals surface area contributed by atoms with Gasteiger partial charge in [-0.3, -0.25) is 4.79 Å². The smallest absolute Gasteiger partial charge is 0.195 e. The van der Waals surface area contributed by atoms with E-state index >= 15 is 0 Å². The topological polar surface area (TPSA) is 106 Å². The molecule has 0 saturated carbocycles. The fraction of sp³-hybridized carbons (Fsp3) is 0.259. The molecule has 2 atom stereocenters. The predicted molar refractivity (Wildman–Crippen MR) is 132 cm³/mol. The fourth-order valence-electron chi connectivity index (χ4n) is 4.31. The Kier molecular flexibility index (Phi) is 6.84. The third-order valence-electron chi connectivity index (χ3n) is 6.23. The summed E-state index contributed by atoms with van der Waals surface area (Å²) in [6.07, 6.45) is 4.61. The molecule has 1 saturated heterocycles. The predicted octanol–water partition coefficient (Wildman–Crippen LogP) is 4.69. The van der Waals surface area contributed by atoms with Gasteiger partial charge in [0.1, 0.15) is 11.4 Å². The van der Waals surface area contributed by atoms with Gasteiger partial charge in [0.25, 0.3) is 0 Å². The van der Waals surface area contributed by atoms with Crippen LogP contribution in [-0.2, 0) is 4.74 Å². The second kappa shape index (κ2) is 10.3. The Morgan fingerprint density at radius 2 is 2.00 bits per heavy atom. The van der Waals surface area contributed by atoms with Crippen LogP contribution in [0.1, 0.15) is 28.8 Å². The summed E-state index contributed by atoms with van der Waals surface area (Å²) in [5, 5.41) is 13.4. The number of ether oxygens (including phenoxy) is 3. The lowest BCUT2D eigenvalue weighted by molar-refractivity contribution is -0.0223. The molecule has 0 radical (unpaired) electrons. The molecule has 186 valence electrons. The second-order valence-electron chi connectivity index (χ2n) is 8.57. The number of halogens is 1. The third-order valence-corrected chi connectivity index (χ3v) is 6.23. The van der Waals surface area contributed by atoms with Gasteiger partial charge in [-0.15, -0.1) is 0 Å². The molecule has 9 heteroatoms. The average molecular weight is 492 g/mol. The van der Waals surface area contributed by atoms with Gasteiger partial charge < -0.3 is 29.6 Å². The minimum absolute atomic E-state index is 0.00385. The second-order valence-corrected chi connectivity index (χ2v) is 8.57. The Morgan fingerprint density at radius 3 is 2.69 bits per heavy atom. The van der Waals surface area contributed by atoms with Crippen molar-refractivity contribution in [3.05, 3.63) is 77.9 Å². The van der Waals surface area contributed by atoms with Crippen molar-refractivity contribution in [2.75, 3.05) is 25.6 Å². The minimum atomic E-state index is -0.465. The van der Waals surface area contributed by atoms with Crippen LogP contribution in [0.25, 0.3) is 11.0 Å². The summed E-state index contributed by atoms with van der Waals surface area (Å²) < 4.78 is 30.8. The van der Waals surface area contributed by atoms with E-state index in [9.17, 15) is 14.3 Å². The van der Waals surface area contributed by atoms with Crippen molar-refractivity contribution in [2.45, 2.75) is 25.0 Å². The lowest BCUT2D eigenvalue weighted by atomic mass is 10.0. The van der Waals surface area contributed by atoms with Gasteiger partial charge in [0.15, 0.2) is 23.1 Å². The van der Waals surface area contributed by atoms with Crippen LogP contribution in [0.3, 0.4) is 0 Å². The zero-order valence-electron chi connectivity index (χ0n) is 19.7. The van der Waals surface area contributed by atoms with Gasteiger partial charge in [0.05, 0.1) is 49.3 Å². The molecule has 0 spiro atoms. The number of nitrogens with one attached hydrogen (secondary N) is 2. The summed E-state index contributed by atoms with van der Waals surface area (Å²) in [5.74, 6) is 0.359. The molecule has 36 heavy (non-hydrogen) atoms. The normalized spacial score (nSPS) is 17.6. The Balaban J connectivity index is 1.42. The van der Waals surface area contributed by atoms with Gasteiger partial charge in [-0.05, 0) is 49.2 Å². The van der Waals surface area contributed by atoms with Crippen LogP contribution in [0.4, 0.5) is 10.1 Å². The lowest BCUT2D eigenvalue weighted by Gasteiger charge is -2.29. The first-order valence-corrected chi connectivity index (χ1v) is 11.7. The highest BCUT2D eigenvalue weighted by Crippen LogP contribution is 2.36. The van der Waals surface area contributed by atoms with Crippen LogP contribution >= 0.6 is 0 Å². The first-order valence-electron chi connectivity index (χ1n) is 11.7. The van der Waals surface area contributed by atoms with Crippen molar-refractivity contribution in [2.24, 2.45) is 0 Å². The van der Waals surface area contributed by atoms with Crippen LogP contribution in [0.2, 0.25) is 0 Å². The summed E-state index contributed by atoms with van der Waals surface area (Å²) >= 11 is 0. The zero-order valence-corrected chi connectivity index (χ0v) is 19.7. The van der Waals surface area contributed by atoms with Crippen molar-refractivity contribution < 1.29 is 28.5 Å². The van der Waals surface area contributed by atoms with E-state index in [1.165, 1.54) is 12.1 Å². The Hall–Kier alpha value is -3.95. The number of fused-ring (bicyclic) bond motifs is 1. The molecule has 0 amide bonds. The number of aliphatic hydroxyl groups excluding tert-OH is 1. The zero-order chi connectivity index (χ0) is 25.1. The van der Waals surface area contributed by atoms with E-state index in [0.717, 1.165) is 12.8 Å². The number of carbonyl (C=O) groups excluding carboxylic acids is 1. The summed E-state index contributed by atoms with van der Waals surface area (Å²) in [7, 11) is 1.55. The number of hydrogen-bond acceptors (Lipinski definition) is 7. The van der Waals surface area contributed by atoms with Crippen molar-refractivity contribution >= 4 is 22.5 Å². The number of H-pyrrole nitrogens is 1. The standard InChI is InChI=1S/C27H26FN3O5/c1-34-23-13-30-27-24(25(23)31-17-8-11-19(14-32)35-15-17)20(12-29-27)26(33)16-6-9-18(10-7-16)36-22-5-3-2-4-21(22)28/h2-7,9-10,12-13,17,19,32H,8,11,14-15H2,1H3,(H2,29,30,31)/t17-,19+/m1/s1. The Morgan fingerprint density at radius 1 is 1.19 bits per heavy atom. The number of nitrogens with zero attached hydrogens (tertiary/aromatic N) is 1. The van der Waals surface area contributed by atoms with E-state index < -0.39 is 5.82 Å². The number of aromatic nitrogens is 2. The van der Waals surface area contributed by atoms with E-state index in [4.69, 9.17) is 14.2 Å². The fourth-order valence-corrected chi connectivity index (χ4v) is 4.31. The summed E-state index contributed by atoms with van der Waals surface area (Å²) in [5.41, 5.74) is 2.08. The molecule has 3 heterocycles. The number of carbonyl (C=O) groups is 1. The van der Waals surface area contributed by atoms with Crippen LogP contribution in [0.5, 0.6) is 17.2 Å². The number of ketones is 1. The molecular formula is C27H26FN3O5. The molecule has 0 unspecified atom stereocenters. The van der Waals surface area contributed by atoms with E-state index in [1.54, 1.807) is 55.9 Å². The van der Waals surface area contributed by atoms with Crippen molar-refractivity contribution in [3.63, 3.8) is 0 Å². The number of benzene rings is 2. The highest BCUT2D eigenvalue weighted by Gasteiger charge is 2.25. The van der Waals surface area contributed by atoms with E-state index in [0.29, 0.717) is 46.0 Å². The third kappa shape index (κ3) is 4.75. The van der Waals surface area contributed by atoms with Crippen LogP contribution in [0.15, 0.2) is 60.9 Å². The maximum absolute atomic E-state index is 13.9. The van der Waals surface area contributed by atoms with Gasteiger partial charge in [0, 0.05) is 17.8 Å². The number of para-hydroxylation sites is 1. The molecular weight excluding hydrogens is 465 g/mol.